The first-order valence-corrected chi connectivity index (χ1v) is 10.9. The fourth-order valence-electron chi connectivity index (χ4n) is 2.72. The first-order chi connectivity index (χ1) is 15.0. The molecule has 0 aromatic carbocycles. The molecule has 0 fully saturated rings. The minimum absolute atomic E-state index is 0.0619. The van der Waals surface area contributed by atoms with Crippen molar-refractivity contribution in [3.05, 3.63) is 0 Å². The molecule has 4 N–H and O–H groups in total. The third-order valence-electron chi connectivity index (χ3n) is 4.60. The summed E-state index contributed by atoms with van der Waals surface area (Å²) < 4.78 is 4.69. The van der Waals surface area contributed by atoms with Gasteiger partial charge in [0.05, 0.1) is 26.1 Å². The molecule has 0 aliphatic carbocycles. The second-order valence-electron chi connectivity index (χ2n) is 6.92. The summed E-state index contributed by atoms with van der Waals surface area (Å²) in [5.41, 5.74) is 0. The van der Waals surface area contributed by atoms with Crippen LogP contribution in [0.15, 0.2) is 0 Å². The van der Waals surface area contributed by atoms with Gasteiger partial charge in [0, 0.05) is 52.4 Å². The Bertz CT molecular complexity index is 508. The molecule has 1 unspecified atom stereocenters. The van der Waals surface area contributed by atoms with Gasteiger partial charge >= 0.3 is 5.97 Å². The van der Waals surface area contributed by atoms with Crippen molar-refractivity contribution in [2.45, 2.75) is 26.3 Å². The van der Waals surface area contributed by atoms with Crippen molar-refractivity contribution in [1.82, 2.24) is 31.1 Å². The molecule has 11 heteroatoms. The molecule has 0 aromatic heterocycles. The summed E-state index contributed by atoms with van der Waals surface area (Å²) in [6.45, 7) is 10.0. The van der Waals surface area contributed by atoms with E-state index in [1.165, 1.54) is 7.11 Å². The standard InChI is InChI=1S/C20H40N6O5/c1-4-21-6-10-25(16-27)12-8-23-15-19(29)18(14-20(30)31-3)24-9-13-26(17-28)11-7-22-5-2/h16-18,21-24H,4-15H2,1-3H3. The lowest BCUT2D eigenvalue weighted by molar-refractivity contribution is -0.142. The number of esters is 1. The van der Waals surface area contributed by atoms with E-state index in [-0.39, 0.29) is 18.7 Å². The van der Waals surface area contributed by atoms with Crippen LogP contribution < -0.4 is 21.3 Å². The maximum Gasteiger partial charge on any atom is 0.307 e. The highest BCUT2D eigenvalue weighted by Gasteiger charge is 2.21. The van der Waals surface area contributed by atoms with Crippen molar-refractivity contribution in [2.75, 3.05) is 79.1 Å². The first kappa shape index (κ1) is 28.9. The molecule has 1 atom stereocenters. The largest absolute Gasteiger partial charge is 0.469 e. The lowest BCUT2D eigenvalue weighted by Crippen LogP contribution is -2.47. The van der Waals surface area contributed by atoms with Crippen LogP contribution in [0.1, 0.15) is 20.3 Å². The Morgan fingerprint density at radius 2 is 1.32 bits per heavy atom. The Morgan fingerprint density at radius 3 is 1.77 bits per heavy atom. The third-order valence-corrected chi connectivity index (χ3v) is 4.60. The molecule has 0 bridgehead atoms. The Hall–Kier alpha value is -2.08. The van der Waals surface area contributed by atoms with Crippen LogP contribution in [0.2, 0.25) is 0 Å². The Morgan fingerprint density at radius 1 is 0.839 bits per heavy atom. The Labute approximate surface area is 185 Å². The Kier molecular flexibility index (Phi) is 18.5. The molecule has 180 valence electrons. The second kappa shape index (κ2) is 19.9. The maximum absolute atomic E-state index is 12.6. The van der Waals surface area contributed by atoms with E-state index in [2.05, 4.69) is 26.0 Å². The molecule has 0 spiro atoms. The van der Waals surface area contributed by atoms with E-state index in [4.69, 9.17) is 0 Å². The van der Waals surface area contributed by atoms with Crippen LogP contribution in [0.3, 0.4) is 0 Å². The first-order valence-electron chi connectivity index (χ1n) is 10.9. The molecule has 11 nitrogen and oxygen atoms in total. The van der Waals surface area contributed by atoms with E-state index >= 15 is 0 Å². The van der Waals surface area contributed by atoms with E-state index in [9.17, 15) is 19.2 Å². The van der Waals surface area contributed by atoms with Crippen LogP contribution in [-0.2, 0) is 23.9 Å². The van der Waals surface area contributed by atoms with Crippen LogP contribution in [0.5, 0.6) is 0 Å². The molecule has 0 saturated heterocycles. The average molecular weight is 445 g/mol. The predicted molar refractivity (Wildman–Crippen MR) is 119 cm³/mol. The molecule has 0 radical (unpaired) electrons. The van der Waals surface area contributed by atoms with Gasteiger partial charge in [0.15, 0.2) is 5.78 Å². The summed E-state index contributed by atoms with van der Waals surface area (Å²) >= 11 is 0. The molecule has 0 heterocycles. The fourth-order valence-corrected chi connectivity index (χ4v) is 2.72. The van der Waals surface area contributed by atoms with Gasteiger partial charge in [-0.05, 0) is 13.1 Å². The number of carbonyl (C=O) groups excluding carboxylic acids is 4. The number of Topliss-reactive ketones (excluding diaryl/α,β-unsaturated/α-hetero) is 1. The number of methoxy groups -OCH3 is 1. The fraction of sp³-hybridized carbons (Fsp3) is 0.800. The van der Waals surface area contributed by atoms with Crippen molar-refractivity contribution in [1.29, 1.82) is 0 Å². The van der Waals surface area contributed by atoms with E-state index in [1.807, 2.05) is 13.8 Å². The van der Waals surface area contributed by atoms with Crippen LogP contribution in [0.25, 0.3) is 0 Å². The summed E-state index contributed by atoms with van der Waals surface area (Å²) in [5.74, 6) is -0.665. The van der Waals surface area contributed by atoms with Gasteiger partial charge in [-0.15, -0.1) is 0 Å². The molecule has 2 amide bonds. The van der Waals surface area contributed by atoms with E-state index in [1.54, 1.807) is 9.80 Å². The van der Waals surface area contributed by atoms with Crippen LogP contribution >= 0.6 is 0 Å². The van der Waals surface area contributed by atoms with Gasteiger partial charge in [0.25, 0.3) is 0 Å². The number of hydrogen-bond donors (Lipinski definition) is 4. The van der Waals surface area contributed by atoms with Crippen molar-refractivity contribution in [3.8, 4) is 0 Å². The highest BCUT2D eigenvalue weighted by atomic mass is 16.5. The number of likely N-dealkylation sites (N-methyl/N-ethyl adjacent to an activating group) is 2. The van der Waals surface area contributed by atoms with Gasteiger partial charge in [-0.1, -0.05) is 13.8 Å². The number of ether oxygens (including phenoxy) is 1. The SMILES string of the molecule is CCNCCN(C=O)CCNCC(=O)C(CC(=O)OC)NCCN(C=O)CCNCC. The van der Waals surface area contributed by atoms with E-state index < -0.39 is 12.0 Å². The van der Waals surface area contributed by atoms with Crippen LogP contribution in [0.4, 0.5) is 0 Å². The number of nitrogens with zero attached hydrogens (tertiary/aromatic N) is 2. The van der Waals surface area contributed by atoms with Gasteiger partial charge in [0.1, 0.15) is 0 Å². The lowest BCUT2D eigenvalue weighted by atomic mass is 10.1. The average Bonchev–Trinajstić information content (AvgIpc) is 2.78. The monoisotopic (exact) mass is 444 g/mol. The predicted octanol–water partition coefficient (Wildman–Crippen LogP) is -2.20. The minimum atomic E-state index is -0.710. The van der Waals surface area contributed by atoms with Crippen molar-refractivity contribution in [2.24, 2.45) is 0 Å². The zero-order valence-corrected chi connectivity index (χ0v) is 19.2. The second-order valence-corrected chi connectivity index (χ2v) is 6.92. The lowest BCUT2D eigenvalue weighted by Gasteiger charge is -2.21. The molecular weight excluding hydrogens is 404 g/mol. The maximum atomic E-state index is 12.6. The minimum Gasteiger partial charge on any atom is -0.469 e. The molecule has 0 aliphatic rings. The van der Waals surface area contributed by atoms with Gasteiger partial charge in [-0.3, -0.25) is 19.2 Å². The molecule has 0 rings (SSSR count). The number of hydrogen-bond acceptors (Lipinski definition) is 9. The van der Waals surface area contributed by atoms with Crippen LogP contribution in [-0.4, -0.2) is 120 Å². The smallest absolute Gasteiger partial charge is 0.307 e. The highest BCUT2D eigenvalue weighted by molar-refractivity contribution is 5.89. The van der Waals surface area contributed by atoms with Gasteiger partial charge < -0.3 is 35.8 Å². The van der Waals surface area contributed by atoms with Gasteiger partial charge in [-0.25, -0.2) is 0 Å². The Balaban J connectivity index is 4.42. The molecule has 0 saturated carbocycles. The summed E-state index contributed by atoms with van der Waals surface area (Å²) in [4.78, 5) is 49.7. The van der Waals surface area contributed by atoms with Crippen LogP contribution in [0, 0.1) is 0 Å². The third kappa shape index (κ3) is 15.4. The molecule has 0 aliphatic heterocycles. The van der Waals surface area contributed by atoms with Crippen molar-refractivity contribution >= 4 is 24.6 Å². The zero-order valence-electron chi connectivity index (χ0n) is 19.2. The number of carbonyl (C=O) groups is 4. The summed E-state index contributed by atoms with van der Waals surface area (Å²) in [6.07, 6.45) is 1.47. The number of ketones is 1. The topological polar surface area (TPSA) is 132 Å². The zero-order chi connectivity index (χ0) is 23.3. The number of rotatable bonds is 22. The molecule has 31 heavy (non-hydrogen) atoms. The summed E-state index contributed by atoms with van der Waals surface area (Å²) in [7, 11) is 1.28. The van der Waals surface area contributed by atoms with Gasteiger partial charge in [0.2, 0.25) is 12.8 Å². The van der Waals surface area contributed by atoms with E-state index in [0.29, 0.717) is 52.4 Å². The quantitative estimate of drug-likeness (QED) is 0.0834. The molecular formula is C20H40N6O5. The summed E-state index contributed by atoms with van der Waals surface area (Å²) in [6, 6.07) is -0.710. The van der Waals surface area contributed by atoms with Gasteiger partial charge in [-0.2, -0.15) is 0 Å². The van der Waals surface area contributed by atoms with Crippen molar-refractivity contribution < 1.29 is 23.9 Å². The summed E-state index contributed by atoms with van der Waals surface area (Å²) in [5, 5.41) is 12.4. The van der Waals surface area contributed by atoms with Crippen molar-refractivity contribution in [3.63, 3.8) is 0 Å². The molecule has 0 aromatic rings. The normalized spacial score (nSPS) is 11.6. The number of nitrogens with one attached hydrogen (secondary N) is 4. The van der Waals surface area contributed by atoms with E-state index in [0.717, 1.165) is 25.9 Å². The highest BCUT2D eigenvalue weighted by Crippen LogP contribution is 1.97. The number of amides is 2.